The molecule has 0 unspecified atom stereocenters. The van der Waals surface area contributed by atoms with Gasteiger partial charge in [0.15, 0.2) is 0 Å². The molecule has 2 aromatic heterocycles. The number of carbonyl (C=O) groups is 2. The predicted molar refractivity (Wildman–Crippen MR) is 69.1 cm³/mol. The van der Waals surface area contributed by atoms with Crippen molar-refractivity contribution in [3.63, 3.8) is 0 Å². The second kappa shape index (κ2) is 5.38. The fraction of sp³-hybridized carbons (Fsp3) is 0.250. The maximum atomic E-state index is 11.8. The van der Waals surface area contributed by atoms with Gasteiger partial charge in [0.1, 0.15) is 5.65 Å². The van der Waals surface area contributed by atoms with Crippen molar-refractivity contribution in [2.75, 3.05) is 18.9 Å². The Morgan fingerprint density at radius 3 is 3.00 bits per heavy atom. The summed E-state index contributed by atoms with van der Waals surface area (Å²) in [5.74, 6) is -0.932. The van der Waals surface area contributed by atoms with Crippen molar-refractivity contribution < 1.29 is 14.7 Å². The van der Waals surface area contributed by atoms with Crippen LogP contribution in [0, 0.1) is 0 Å². The molecular weight excluding hydrogens is 248 g/mol. The zero-order valence-electron chi connectivity index (χ0n) is 10.4. The van der Waals surface area contributed by atoms with Crippen LogP contribution in [0.15, 0.2) is 30.7 Å². The molecule has 0 saturated heterocycles. The largest absolute Gasteiger partial charge is 0.481 e. The highest BCUT2D eigenvalue weighted by molar-refractivity contribution is 5.89. The maximum Gasteiger partial charge on any atom is 0.321 e. The van der Waals surface area contributed by atoms with Crippen LogP contribution in [0.25, 0.3) is 5.65 Å². The molecule has 100 valence electrons. The standard InChI is InChI=1S/C12H14N4O3/c1-15(5-3-11(17)18)12(19)14-9-2-6-16-7-4-13-10(16)8-9/h2,4,6-8H,3,5H2,1H3,(H,14,19)(H,17,18). The second-order valence-electron chi connectivity index (χ2n) is 4.10. The summed E-state index contributed by atoms with van der Waals surface area (Å²) in [6.07, 6.45) is 5.18. The minimum absolute atomic E-state index is 0.0801. The van der Waals surface area contributed by atoms with Gasteiger partial charge in [-0.1, -0.05) is 0 Å². The first-order valence-corrected chi connectivity index (χ1v) is 5.73. The molecule has 2 rings (SSSR count). The van der Waals surface area contributed by atoms with Crippen LogP contribution in [-0.2, 0) is 4.79 Å². The summed E-state index contributed by atoms with van der Waals surface area (Å²) >= 11 is 0. The third kappa shape index (κ3) is 3.21. The zero-order chi connectivity index (χ0) is 13.8. The minimum Gasteiger partial charge on any atom is -0.481 e. The number of nitrogens with one attached hydrogen (secondary N) is 1. The fourth-order valence-corrected chi connectivity index (χ4v) is 1.57. The Bertz CT molecular complexity index is 608. The molecule has 19 heavy (non-hydrogen) atoms. The molecule has 0 aliphatic carbocycles. The van der Waals surface area contributed by atoms with E-state index < -0.39 is 5.97 Å². The summed E-state index contributed by atoms with van der Waals surface area (Å²) < 4.78 is 1.82. The Labute approximate surface area is 109 Å². The Kier molecular flexibility index (Phi) is 3.65. The molecule has 7 heteroatoms. The van der Waals surface area contributed by atoms with E-state index >= 15 is 0 Å². The number of fused-ring (bicyclic) bond motifs is 1. The van der Waals surface area contributed by atoms with Gasteiger partial charge in [0.05, 0.1) is 6.42 Å². The zero-order valence-corrected chi connectivity index (χ0v) is 10.4. The Morgan fingerprint density at radius 2 is 2.26 bits per heavy atom. The normalized spacial score (nSPS) is 10.4. The highest BCUT2D eigenvalue weighted by Crippen LogP contribution is 2.11. The van der Waals surface area contributed by atoms with E-state index in [1.165, 1.54) is 4.90 Å². The number of pyridine rings is 1. The van der Waals surface area contributed by atoms with Crippen molar-refractivity contribution in [2.45, 2.75) is 6.42 Å². The molecular formula is C12H14N4O3. The van der Waals surface area contributed by atoms with Gasteiger partial charge in [-0.05, 0) is 6.07 Å². The van der Waals surface area contributed by atoms with Crippen LogP contribution in [0.4, 0.5) is 10.5 Å². The molecule has 2 aromatic rings. The average Bonchev–Trinajstić information content (AvgIpc) is 2.83. The fourth-order valence-electron chi connectivity index (χ4n) is 1.57. The maximum absolute atomic E-state index is 11.8. The number of anilines is 1. The summed E-state index contributed by atoms with van der Waals surface area (Å²) in [5, 5.41) is 11.2. The van der Waals surface area contributed by atoms with E-state index in [2.05, 4.69) is 10.3 Å². The summed E-state index contributed by atoms with van der Waals surface area (Å²) in [5.41, 5.74) is 1.34. The Hall–Kier alpha value is -2.57. The van der Waals surface area contributed by atoms with Gasteiger partial charge in [0.25, 0.3) is 0 Å². The van der Waals surface area contributed by atoms with Gasteiger partial charge in [-0.15, -0.1) is 0 Å². The Balaban J connectivity index is 1.99. The number of amides is 2. The van der Waals surface area contributed by atoms with Crippen LogP contribution in [-0.4, -0.2) is 45.0 Å². The molecule has 7 nitrogen and oxygen atoms in total. The number of urea groups is 1. The highest BCUT2D eigenvalue weighted by Gasteiger charge is 2.10. The van der Waals surface area contributed by atoms with Crippen molar-refractivity contribution in [1.29, 1.82) is 0 Å². The summed E-state index contributed by atoms with van der Waals surface area (Å²) in [6, 6.07) is 3.14. The smallest absolute Gasteiger partial charge is 0.321 e. The van der Waals surface area contributed by atoms with Gasteiger partial charge in [0, 0.05) is 43.9 Å². The topological polar surface area (TPSA) is 86.9 Å². The molecule has 0 saturated carbocycles. The SMILES string of the molecule is CN(CCC(=O)O)C(=O)Nc1ccn2ccnc2c1. The van der Waals surface area contributed by atoms with Crippen molar-refractivity contribution in [3.05, 3.63) is 30.7 Å². The number of aromatic nitrogens is 2. The number of hydrogen-bond acceptors (Lipinski definition) is 3. The molecule has 2 N–H and O–H groups in total. The number of carboxylic acids is 1. The van der Waals surface area contributed by atoms with Crippen LogP contribution >= 0.6 is 0 Å². The number of aliphatic carboxylic acids is 1. The monoisotopic (exact) mass is 262 g/mol. The predicted octanol–water partition coefficient (Wildman–Crippen LogP) is 1.27. The van der Waals surface area contributed by atoms with E-state index in [-0.39, 0.29) is 19.0 Å². The molecule has 0 fully saturated rings. The van der Waals surface area contributed by atoms with Gasteiger partial charge in [-0.3, -0.25) is 4.79 Å². The number of rotatable bonds is 4. The molecule has 0 atom stereocenters. The van der Waals surface area contributed by atoms with Gasteiger partial charge in [-0.25, -0.2) is 9.78 Å². The first-order chi connectivity index (χ1) is 9.06. The number of hydrogen-bond donors (Lipinski definition) is 2. The lowest BCUT2D eigenvalue weighted by Gasteiger charge is -2.16. The molecule has 0 radical (unpaired) electrons. The summed E-state index contributed by atoms with van der Waals surface area (Å²) in [4.78, 5) is 27.7. The quantitative estimate of drug-likeness (QED) is 0.868. The van der Waals surface area contributed by atoms with E-state index in [1.807, 2.05) is 4.40 Å². The number of imidazole rings is 1. The van der Waals surface area contributed by atoms with E-state index in [0.29, 0.717) is 5.69 Å². The van der Waals surface area contributed by atoms with E-state index in [1.54, 1.807) is 37.8 Å². The van der Waals surface area contributed by atoms with Crippen molar-refractivity contribution >= 4 is 23.3 Å². The van der Waals surface area contributed by atoms with Crippen LogP contribution in [0.1, 0.15) is 6.42 Å². The summed E-state index contributed by atoms with van der Waals surface area (Å²) in [7, 11) is 1.55. The van der Waals surface area contributed by atoms with E-state index in [4.69, 9.17) is 5.11 Å². The lowest BCUT2D eigenvalue weighted by molar-refractivity contribution is -0.137. The molecule has 0 spiro atoms. The molecule has 0 aromatic carbocycles. The first kappa shape index (κ1) is 12.9. The average molecular weight is 262 g/mol. The van der Waals surface area contributed by atoms with Gasteiger partial charge >= 0.3 is 12.0 Å². The number of nitrogens with zero attached hydrogens (tertiary/aromatic N) is 3. The third-order valence-corrected chi connectivity index (χ3v) is 2.66. The molecule has 0 aliphatic rings. The van der Waals surface area contributed by atoms with E-state index in [9.17, 15) is 9.59 Å². The summed E-state index contributed by atoms with van der Waals surface area (Å²) in [6.45, 7) is 0.160. The lowest BCUT2D eigenvalue weighted by atomic mass is 10.4. The second-order valence-corrected chi connectivity index (χ2v) is 4.10. The first-order valence-electron chi connectivity index (χ1n) is 5.73. The number of carboxylic acid groups (broad SMARTS) is 1. The van der Waals surface area contributed by atoms with E-state index in [0.717, 1.165) is 5.65 Å². The van der Waals surface area contributed by atoms with Crippen molar-refractivity contribution in [2.24, 2.45) is 0 Å². The van der Waals surface area contributed by atoms with Gasteiger partial charge in [-0.2, -0.15) is 0 Å². The minimum atomic E-state index is -0.932. The van der Waals surface area contributed by atoms with Crippen LogP contribution < -0.4 is 5.32 Å². The number of carbonyl (C=O) groups excluding carboxylic acids is 1. The van der Waals surface area contributed by atoms with Crippen molar-refractivity contribution in [1.82, 2.24) is 14.3 Å². The molecule has 0 aliphatic heterocycles. The lowest BCUT2D eigenvalue weighted by Crippen LogP contribution is -2.33. The van der Waals surface area contributed by atoms with Gasteiger partial charge in [0.2, 0.25) is 0 Å². The Morgan fingerprint density at radius 1 is 1.47 bits per heavy atom. The third-order valence-electron chi connectivity index (χ3n) is 2.66. The molecule has 0 bridgehead atoms. The van der Waals surface area contributed by atoms with Crippen molar-refractivity contribution in [3.8, 4) is 0 Å². The van der Waals surface area contributed by atoms with Crippen LogP contribution in [0.5, 0.6) is 0 Å². The van der Waals surface area contributed by atoms with Crippen LogP contribution in [0.2, 0.25) is 0 Å². The molecule has 2 heterocycles. The van der Waals surface area contributed by atoms with Gasteiger partial charge < -0.3 is 19.7 Å². The highest BCUT2D eigenvalue weighted by atomic mass is 16.4. The van der Waals surface area contributed by atoms with Crippen LogP contribution in [0.3, 0.4) is 0 Å². The molecule has 2 amide bonds.